The highest BCUT2D eigenvalue weighted by Crippen LogP contribution is 2.44. The molecule has 1 aromatic carbocycles. The number of nitrogens with one attached hydrogen (secondary N) is 2. The van der Waals surface area contributed by atoms with E-state index >= 15 is 0 Å². The number of sulfonamides is 1. The first-order chi connectivity index (χ1) is 14.0. The van der Waals surface area contributed by atoms with Gasteiger partial charge in [-0.25, -0.2) is 17.9 Å². The van der Waals surface area contributed by atoms with E-state index in [0.29, 0.717) is 5.69 Å². The second-order valence-corrected chi connectivity index (χ2v) is 10.4. The van der Waals surface area contributed by atoms with Crippen molar-refractivity contribution in [3.05, 3.63) is 39.1 Å². The average Bonchev–Trinajstić information content (AvgIpc) is 3.36. The van der Waals surface area contributed by atoms with Gasteiger partial charge in [0, 0.05) is 10.7 Å². The number of hydrogen-bond acceptors (Lipinski definition) is 6. The molecule has 8 nitrogen and oxygen atoms in total. The molecule has 1 aromatic rings. The first-order valence-corrected chi connectivity index (χ1v) is 11.7. The molecule has 3 N–H and O–H groups in total. The number of urea groups is 1. The number of fused-ring (bicyclic) bond motifs is 2. The van der Waals surface area contributed by atoms with Crippen LogP contribution in [0.1, 0.15) is 48.9 Å². The lowest BCUT2D eigenvalue weighted by molar-refractivity contribution is -0.119. The van der Waals surface area contributed by atoms with E-state index < -0.39 is 32.9 Å². The van der Waals surface area contributed by atoms with Crippen molar-refractivity contribution in [2.45, 2.75) is 63.4 Å². The van der Waals surface area contributed by atoms with Gasteiger partial charge in [0.1, 0.15) is 0 Å². The number of Topliss-reactive ketones (excluding diaryl/α,β-unsaturated/α-hetero) is 1. The standard InChI is InChI=1S/C20H23ClN2O6S/c1-20(2,26)14-9-29-18(17(14)24)30(27,28)23-19(25)22-16-12-7-3-5-10(12)15(21)11-6-4-8-13(11)16/h9,18,26H,3-8H2,1-2H3,(H2,22,23,25). The molecule has 0 radical (unpaired) electrons. The van der Waals surface area contributed by atoms with Crippen molar-refractivity contribution in [2.24, 2.45) is 0 Å². The molecule has 0 fully saturated rings. The van der Waals surface area contributed by atoms with Gasteiger partial charge in [0.15, 0.2) is 0 Å². The van der Waals surface area contributed by atoms with Gasteiger partial charge in [-0.1, -0.05) is 11.6 Å². The number of benzene rings is 1. The summed E-state index contributed by atoms with van der Waals surface area (Å²) < 4.78 is 32.0. The van der Waals surface area contributed by atoms with Crippen LogP contribution in [0.4, 0.5) is 10.5 Å². The molecule has 0 bridgehead atoms. The van der Waals surface area contributed by atoms with Crippen LogP contribution in [-0.2, 0) is 45.2 Å². The monoisotopic (exact) mass is 454 g/mol. The molecule has 4 rings (SSSR count). The Kier molecular flexibility index (Phi) is 5.11. The van der Waals surface area contributed by atoms with E-state index in [-0.39, 0.29) is 5.57 Å². The molecule has 162 valence electrons. The van der Waals surface area contributed by atoms with Crippen LogP contribution in [0.5, 0.6) is 0 Å². The zero-order chi connectivity index (χ0) is 21.8. The van der Waals surface area contributed by atoms with E-state index in [0.717, 1.165) is 72.1 Å². The molecule has 0 aromatic heterocycles. The molecule has 0 spiro atoms. The fourth-order valence-corrected chi connectivity index (χ4v) is 5.84. The Balaban J connectivity index is 1.55. The van der Waals surface area contributed by atoms with E-state index in [1.807, 2.05) is 4.72 Å². The molecule has 3 aliphatic rings. The van der Waals surface area contributed by atoms with Crippen molar-refractivity contribution >= 4 is 39.1 Å². The van der Waals surface area contributed by atoms with E-state index in [1.54, 1.807) is 0 Å². The largest absolute Gasteiger partial charge is 0.471 e. The lowest BCUT2D eigenvalue weighted by Gasteiger charge is -2.19. The summed E-state index contributed by atoms with van der Waals surface area (Å²) >= 11 is 6.56. The summed E-state index contributed by atoms with van der Waals surface area (Å²) in [7, 11) is -4.48. The van der Waals surface area contributed by atoms with Crippen LogP contribution in [-0.4, -0.2) is 36.4 Å². The van der Waals surface area contributed by atoms with Crippen LogP contribution in [0.15, 0.2) is 11.8 Å². The maximum atomic E-state index is 12.6. The Morgan fingerprint density at radius 2 is 1.67 bits per heavy atom. The van der Waals surface area contributed by atoms with Crippen LogP contribution >= 0.6 is 11.6 Å². The number of hydrogen-bond donors (Lipinski definition) is 3. The number of anilines is 1. The second kappa shape index (κ2) is 7.25. The fourth-order valence-electron chi connectivity index (χ4n) is 4.40. The van der Waals surface area contributed by atoms with Crippen LogP contribution in [0.25, 0.3) is 0 Å². The van der Waals surface area contributed by atoms with Gasteiger partial charge in [-0.05, 0) is 74.6 Å². The molecule has 1 heterocycles. The predicted molar refractivity (Wildman–Crippen MR) is 111 cm³/mol. The quantitative estimate of drug-likeness (QED) is 0.642. The van der Waals surface area contributed by atoms with Gasteiger partial charge in [0.2, 0.25) is 5.78 Å². The molecule has 2 amide bonds. The van der Waals surface area contributed by atoms with E-state index in [4.69, 9.17) is 16.3 Å². The third kappa shape index (κ3) is 3.48. The number of rotatable bonds is 4. The summed E-state index contributed by atoms with van der Waals surface area (Å²) in [5.41, 5.74) is 0.903. The predicted octanol–water partition coefficient (Wildman–Crippen LogP) is 2.35. The van der Waals surface area contributed by atoms with Gasteiger partial charge >= 0.3 is 6.03 Å². The summed E-state index contributed by atoms with van der Waals surface area (Å²) in [5, 5.41) is 13.4. The highest BCUT2D eigenvalue weighted by Gasteiger charge is 2.45. The van der Waals surface area contributed by atoms with Crippen molar-refractivity contribution in [1.82, 2.24) is 4.72 Å². The molecule has 0 saturated heterocycles. The number of carbonyl (C=O) groups is 2. The third-order valence-electron chi connectivity index (χ3n) is 5.77. The van der Waals surface area contributed by atoms with Crippen LogP contribution in [0, 0.1) is 0 Å². The lowest BCUT2D eigenvalue weighted by atomic mass is 9.97. The molecule has 1 aliphatic heterocycles. The van der Waals surface area contributed by atoms with Crippen LogP contribution in [0.2, 0.25) is 5.02 Å². The minimum Gasteiger partial charge on any atom is -0.471 e. The zero-order valence-corrected chi connectivity index (χ0v) is 18.2. The Hall–Kier alpha value is -2.10. The zero-order valence-electron chi connectivity index (χ0n) is 16.7. The highest BCUT2D eigenvalue weighted by atomic mass is 35.5. The Bertz CT molecular complexity index is 1050. The summed E-state index contributed by atoms with van der Waals surface area (Å²) in [5.74, 6) is -0.906. The van der Waals surface area contributed by atoms with Gasteiger partial charge < -0.3 is 15.2 Å². The number of carbonyl (C=O) groups excluding carboxylic acids is 2. The Morgan fingerprint density at radius 1 is 1.13 bits per heavy atom. The number of halogens is 1. The van der Waals surface area contributed by atoms with Crippen molar-refractivity contribution in [1.29, 1.82) is 0 Å². The Labute approximate surface area is 179 Å². The maximum absolute atomic E-state index is 12.6. The van der Waals surface area contributed by atoms with E-state index in [2.05, 4.69) is 5.32 Å². The molecule has 0 saturated carbocycles. The highest BCUT2D eigenvalue weighted by molar-refractivity contribution is 7.91. The van der Waals surface area contributed by atoms with Crippen LogP contribution in [0.3, 0.4) is 0 Å². The maximum Gasteiger partial charge on any atom is 0.332 e. The first-order valence-electron chi connectivity index (χ1n) is 9.81. The summed E-state index contributed by atoms with van der Waals surface area (Å²) in [6.45, 7) is 2.69. The van der Waals surface area contributed by atoms with Gasteiger partial charge in [-0.3, -0.25) is 4.79 Å². The van der Waals surface area contributed by atoms with Crippen molar-refractivity contribution < 1.29 is 27.9 Å². The minimum atomic E-state index is -4.48. The summed E-state index contributed by atoms with van der Waals surface area (Å²) in [4.78, 5) is 25.0. The third-order valence-corrected chi connectivity index (χ3v) is 7.59. The molecular weight excluding hydrogens is 432 g/mol. The molecule has 10 heteroatoms. The normalized spacial score (nSPS) is 20.5. The minimum absolute atomic E-state index is 0.174. The summed E-state index contributed by atoms with van der Waals surface area (Å²) in [6, 6.07) is -0.964. The number of ether oxygens (including phenoxy) is 1. The van der Waals surface area contributed by atoms with Crippen molar-refractivity contribution in [3.8, 4) is 0 Å². The lowest BCUT2D eigenvalue weighted by Crippen LogP contribution is -2.44. The SMILES string of the molecule is CC(C)(O)C1=COC(S(=O)(=O)NC(=O)Nc2c3c(c(Cl)c4c2CCC4)CCC3)C1=O. The van der Waals surface area contributed by atoms with E-state index in [1.165, 1.54) is 13.8 Å². The molecule has 1 unspecified atom stereocenters. The molecular formula is C20H23ClN2O6S. The number of aliphatic hydroxyl groups is 1. The molecule has 30 heavy (non-hydrogen) atoms. The fraction of sp³-hybridized carbons (Fsp3) is 0.500. The smallest absolute Gasteiger partial charge is 0.332 e. The van der Waals surface area contributed by atoms with Gasteiger partial charge in [-0.2, -0.15) is 0 Å². The van der Waals surface area contributed by atoms with Gasteiger partial charge in [0.25, 0.3) is 15.5 Å². The second-order valence-electron chi connectivity index (χ2n) is 8.33. The van der Waals surface area contributed by atoms with Crippen molar-refractivity contribution in [2.75, 3.05) is 5.32 Å². The number of amides is 2. The van der Waals surface area contributed by atoms with Crippen LogP contribution < -0.4 is 10.0 Å². The van der Waals surface area contributed by atoms with Gasteiger partial charge in [-0.15, -0.1) is 0 Å². The summed E-state index contributed by atoms with van der Waals surface area (Å²) in [6.07, 6.45) is 5.92. The topological polar surface area (TPSA) is 122 Å². The number of ketones is 1. The molecule has 2 aliphatic carbocycles. The average molecular weight is 455 g/mol. The molecule has 1 atom stereocenters. The first kappa shape index (κ1) is 21.1. The Morgan fingerprint density at radius 3 is 2.17 bits per heavy atom. The van der Waals surface area contributed by atoms with Crippen molar-refractivity contribution in [3.63, 3.8) is 0 Å². The van der Waals surface area contributed by atoms with E-state index in [9.17, 15) is 23.1 Å². The van der Waals surface area contributed by atoms with Gasteiger partial charge in [0.05, 0.1) is 17.4 Å².